The molecule has 2 rings (SSSR count). The predicted octanol–water partition coefficient (Wildman–Crippen LogP) is 2.18. The maximum Gasteiger partial charge on any atom is 0.227 e. The van der Waals surface area contributed by atoms with Crippen molar-refractivity contribution in [3.8, 4) is 0 Å². The number of amides is 1. The summed E-state index contributed by atoms with van der Waals surface area (Å²) in [6.07, 6.45) is 5.95. The maximum absolute atomic E-state index is 11.8. The lowest BCUT2D eigenvalue weighted by Crippen LogP contribution is -2.29. The maximum atomic E-state index is 11.8. The largest absolute Gasteiger partial charge is 0.393 e. The summed E-state index contributed by atoms with van der Waals surface area (Å²) >= 11 is 0. The van der Waals surface area contributed by atoms with Crippen molar-refractivity contribution >= 4 is 5.91 Å². The fourth-order valence-corrected chi connectivity index (χ4v) is 2.98. The second kappa shape index (κ2) is 8.27. The van der Waals surface area contributed by atoms with E-state index in [1.54, 1.807) is 6.92 Å². The van der Waals surface area contributed by atoms with E-state index in [1.807, 2.05) is 6.92 Å². The molecule has 1 heterocycles. The van der Waals surface area contributed by atoms with Crippen molar-refractivity contribution in [3.63, 3.8) is 0 Å². The molecule has 1 aliphatic rings. The summed E-state index contributed by atoms with van der Waals surface area (Å²) in [7, 11) is 0. The van der Waals surface area contributed by atoms with Crippen LogP contribution in [0.15, 0.2) is 4.52 Å². The third kappa shape index (κ3) is 5.40. The molecule has 6 nitrogen and oxygen atoms in total. The predicted molar refractivity (Wildman–Crippen MR) is 82.3 cm³/mol. The van der Waals surface area contributed by atoms with Crippen molar-refractivity contribution in [3.05, 3.63) is 11.7 Å². The van der Waals surface area contributed by atoms with Gasteiger partial charge in [0.05, 0.1) is 6.10 Å². The third-order valence-electron chi connectivity index (χ3n) is 4.16. The highest BCUT2D eigenvalue weighted by atomic mass is 16.5. The zero-order valence-corrected chi connectivity index (χ0v) is 13.5. The first-order valence-corrected chi connectivity index (χ1v) is 8.32. The first-order valence-electron chi connectivity index (χ1n) is 8.32. The van der Waals surface area contributed by atoms with Crippen LogP contribution in [-0.2, 0) is 11.2 Å². The smallest absolute Gasteiger partial charge is 0.227 e. The van der Waals surface area contributed by atoms with Gasteiger partial charge in [0.15, 0.2) is 5.82 Å². The van der Waals surface area contributed by atoms with E-state index in [0.29, 0.717) is 37.6 Å². The fraction of sp³-hybridized carbons (Fsp3) is 0.812. The summed E-state index contributed by atoms with van der Waals surface area (Å²) in [6.45, 7) is 4.36. The number of aromatic nitrogens is 2. The molecule has 2 unspecified atom stereocenters. The van der Waals surface area contributed by atoms with Crippen LogP contribution < -0.4 is 5.32 Å². The number of carbonyl (C=O) groups is 1. The molecule has 22 heavy (non-hydrogen) atoms. The van der Waals surface area contributed by atoms with Gasteiger partial charge in [0.1, 0.15) is 0 Å². The van der Waals surface area contributed by atoms with E-state index in [9.17, 15) is 9.90 Å². The monoisotopic (exact) mass is 309 g/mol. The highest BCUT2D eigenvalue weighted by Crippen LogP contribution is 2.32. The van der Waals surface area contributed by atoms with Crippen molar-refractivity contribution in [2.24, 2.45) is 5.92 Å². The number of rotatable bonds is 8. The highest BCUT2D eigenvalue weighted by molar-refractivity contribution is 5.75. The molecular formula is C16H27N3O3. The van der Waals surface area contributed by atoms with Crippen molar-refractivity contribution in [1.82, 2.24) is 15.5 Å². The minimum Gasteiger partial charge on any atom is -0.393 e. The van der Waals surface area contributed by atoms with Gasteiger partial charge in [-0.05, 0) is 32.1 Å². The molecule has 1 aliphatic carbocycles. The molecule has 0 aliphatic heterocycles. The molecule has 1 fully saturated rings. The van der Waals surface area contributed by atoms with Crippen molar-refractivity contribution < 1.29 is 14.4 Å². The molecule has 0 bridgehead atoms. The lowest BCUT2D eigenvalue weighted by atomic mass is 10.0. The molecule has 2 atom stereocenters. The molecule has 0 aromatic carbocycles. The van der Waals surface area contributed by atoms with Crippen molar-refractivity contribution in [1.29, 1.82) is 0 Å². The SMILES string of the molecule is CC(O)CC(C)CNC(=O)CCc1nc(C2CCCC2)no1. The van der Waals surface area contributed by atoms with Gasteiger partial charge in [-0.15, -0.1) is 0 Å². The Bertz CT molecular complexity index is 467. The molecule has 1 aromatic rings. The average Bonchev–Trinajstić information content (AvgIpc) is 3.12. The zero-order chi connectivity index (χ0) is 15.9. The molecule has 2 N–H and O–H groups in total. The van der Waals surface area contributed by atoms with E-state index in [0.717, 1.165) is 18.7 Å². The Hall–Kier alpha value is -1.43. The quantitative estimate of drug-likeness (QED) is 0.768. The topological polar surface area (TPSA) is 88.2 Å². The van der Waals surface area contributed by atoms with Gasteiger partial charge >= 0.3 is 0 Å². The summed E-state index contributed by atoms with van der Waals surface area (Å²) in [5.41, 5.74) is 0. The van der Waals surface area contributed by atoms with Crippen LogP contribution in [0.4, 0.5) is 0 Å². The minimum absolute atomic E-state index is 0.0157. The lowest BCUT2D eigenvalue weighted by Gasteiger charge is -2.13. The van der Waals surface area contributed by atoms with Crippen LogP contribution in [0, 0.1) is 5.92 Å². The van der Waals surface area contributed by atoms with Gasteiger partial charge in [-0.2, -0.15) is 4.98 Å². The zero-order valence-electron chi connectivity index (χ0n) is 13.5. The Morgan fingerprint density at radius 1 is 1.41 bits per heavy atom. The van der Waals surface area contributed by atoms with Crippen LogP contribution in [0.3, 0.4) is 0 Å². The van der Waals surface area contributed by atoms with E-state index >= 15 is 0 Å². The van der Waals surface area contributed by atoms with Gasteiger partial charge < -0.3 is 14.9 Å². The summed E-state index contributed by atoms with van der Waals surface area (Å²) in [6, 6.07) is 0. The standard InChI is InChI=1S/C16H27N3O3/c1-11(9-12(2)20)10-17-14(21)7-8-15-18-16(19-22-15)13-5-3-4-6-13/h11-13,20H,3-10H2,1-2H3,(H,17,21). The van der Waals surface area contributed by atoms with Gasteiger partial charge in [-0.3, -0.25) is 4.79 Å². The van der Waals surface area contributed by atoms with Gasteiger partial charge in [0, 0.05) is 25.3 Å². The molecule has 0 spiro atoms. The van der Waals surface area contributed by atoms with E-state index in [2.05, 4.69) is 15.5 Å². The molecule has 1 amide bonds. The molecule has 6 heteroatoms. The van der Waals surface area contributed by atoms with Crippen LogP contribution in [-0.4, -0.2) is 33.8 Å². The second-order valence-electron chi connectivity index (χ2n) is 6.52. The lowest BCUT2D eigenvalue weighted by molar-refractivity contribution is -0.121. The number of nitrogens with zero attached hydrogens (tertiary/aromatic N) is 2. The number of aliphatic hydroxyl groups is 1. The first kappa shape index (κ1) is 16.9. The van der Waals surface area contributed by atoms with Gasteiger partial charge in [-0.25, -0.2) is 0 Å². The Balaban J connectivity index is 1.67. The number of hydrogen-bond donors (Lipinski definition) is 2. The Morgan fingerprint density at radius 3 is 2.82 bits per heavy atom. The summed E-state index contributed by atoms with van der Waals surface area (Å²) < 4.78 is 5.23. The van der Waals surface area contributed by atoms with E-state index < -0.39 is 0 Å². The summed E-state index contributed by atoms with van der Waals surface area (Å²) in [5.74, 6) is 2.04. The Kier molecular flexibility index (Phi) is 6.36. The number of aryl methyl sites for hydroxylation is 1. The summed E-state index contributed by atoms with van der Waals surface area (Å²) in [5, 5.41) is 16.2. The number of nitrogens with one attached hydrogen (secondary N) is 1. The van der Waals surface area contributed by atoms with Crippen LogP contribution in [0.5, 0.6) is 0 Å². The third-order valence-corrected chi connectivity index (χ3v) is 4.16. The average molecular weight is 309 g/mol. The molecular weight excluding hydrogens is 282 g/mol. The van der Waals surface area contributed by atoms with Crippen molar-refractivity contribution in [2.75, 3.05) is 6.54 Å². The van der Waals surface area contributed by atoms with Gasteiger partial charge in [0.2, 0.25) is 11.8 Å². The molecule has 124 valence electrons. The number of carbonyl (C=O) groups excluding carboxylic acids is 1. The van der Waals surface area contributed by atoms with E-state index in [4.69, 9.17) is 4.52 Å². The molecule has 1 saturated carbocycles. The van der Waals surface area contributed by atoms with Crippen LogP contribution in [0.2, 0.25) is 0 Å². The van der Waals surface area contributed by atoms with Crippen LogP contribution in [0.1, 0.15) is 70.0 Å². The molecule has 0 saturated heterocycles. The van der Waals surface area contributed by atoms with Crippen LogP contribution >= 0.6 is 0 Å². The first-order chi connectivity index (χ1) is 10.5. The van der Waals surface area contributed by atoms with Crippen LogP contribution in [0.25, 0.3) is 0 Å². The summed E-state index contributed by atoms with van der Waals surface area (Å²) in [4.78, 5) is 16.2. The minimum atomic E-state index is -0.334. The number of aliphatic hydroxyl groups excluding tert-OH is 1. The molecule has 0 radical (unpaired) electrons. The fourth-order valence-electron chi connectivity index (χ4n) is 2.98. The highest BCUT2D eigenvalue weighted by Gasteiger charge is 2.22. The van der Waals surface area contributed by atoms with E-state index in [-0.39, 0.29) is 17.9 Å². The normalized spacial score (nSPS) is 18.3. The number of hydrogen-bond acceptors (Lipinski definition) is 5. The molecule has 1 aromatic heterocycles. The van der Waals surface area contributed by atoms with E-state index in [1.165, 1.54) is 12.8 Å². The Labute approximate surface area is 131 Å². The van der Waals surface area contributed by atoms with Gasteiger partial charge in [0.25, 0.3) is 0 Å². The van der Waals surface area contributed by atoms with Crippen molar-refractivity contribution in [2.45, 2.75) is 70.8 Å². The second-order valence-corrected chi connectivity index (χ2v) is 6.52. The van der Waals surface area contributed by atoms with Gasteiger partial charge in [-0.1, -0.05) is 24.9 Å². The Morgan fingerprint density at radius 2 is 2.14 bits per heavy atom.